The Morgan fingerprint density at radius 2 is 2.06 bits per heavy atom. The van der Waals surface area contributed by atoms with Crippen LogP contribution in [0.4, 0.5) is 4.39 Å². The number of hydrogen-bond donors (Lipinski definition) is 1. The molecule has 5 nitrogen and oxygen atoms in total. The van der Waals surface area contributed by atoms with Gasteiger partial charge in [-0.2, -0.15) is 0 Å². The van der Waals surface area contributed by atoms with Gasteiger partial charge in [0.1, 0.15) is 11.6 Å². The Morgan fingerprint density at radius 3 is 2.81 bits per heavy atom. The largest absolute Gasteiger partial charge is 0.493 e. The van der Waals surface area contributed by atoms with Gasteiger partial charge in [0.15, 0.2) is 11.4 Å². The first-order chi connectivity index (χ1) is 14.9. The van der Waals surface area contributed by atoms with Crippen LogP contribution in [0.3, 0.4) is 0 Å². The third-order valence-corrected chi connectivity index (χ3v) is 6.65. The van der Waals surface area contributed by atoms with Crippen molar-refractivity contribution in [3.63, 3.8) is 0 Å². The minimum Gasteiger partial charge on any atom is -0.493 e. The number of likely N-dealkylation sites (tertiary alicyclic amines) is 1. The number of benzene rings is 2. The Morgan fingerprint density at radius 1 is 1.29 bits per heavy atom. The van der Waals surface area contributed by atoms with Crippen molar-refractivity contribution in [2.45, 2.75) is 43.9 Å². The van der Waals surface area contributed by atoms with Crippen LogP contribution < -0.4 is 4.74 Å². The van der Waals surface area contributed by atoms with Gasteiger partial charge in [-0.05, 0) is 70.5 Å². The number of nitrogens with zero attached hydrogens (tertiary/aromatic N) is 2. The topological polar surface area (TPSA) is 55.6 Å². The number of Topliss-reactive ketones (excluding diaryl/α,β-unsaturated/α-hetero) is 1. The second-order valence-corrected chi connectivity index (χ2v) is 8.61. The number of piperidine rings is 1. The van der Waals surface area contributed by atoms with E-state index in [1.165, 1.54) is 12.1 Å². The molecule has 1 saturated heterocycles. The molecule has 0 spiro atoms. The molecular formula is C24H27FN2O3S. The lowest BCUT2D eigenvalue weighted by atomic mass is 9.91. The second kappa shape index (κ2) is 9.40. The van der Waals surface area contributed by atoms with Crippen LogP contribution in [0.25, 0.3) is 11.0 Å². The van der Waals surface area contributed by atoms with Gasteiger partial charge in [-0.3, -0.25) is 4.79 Å². The normalized spacial score (nSPS) is 15.5. The zero-order valence-corrected chi connectivity index (χ0v) is 18.8. The number of halogens is 1. The number of rotatable bonds is 7. The van der Waals surface area contributed by atoms with Gasteiger partial charge in [0.05, 0.1) is 12.3 Å². The number of fused-ring (bicyclic) bond motifs is 1. The Kier molecular flexibility index (Phi) is 6.62. The Bertz CT molecular complexity index is 1090. The van der Waals surface area contributed by atoms with Crippen LogP contribution in [0.15, 0.2) is 39.8 Å². The first-order valence-corrected chi connectivity index (χ1v) is 11.1. The summed E-state index contributed by atoms with van der Waals surface area (Å²) in [5.74, 6) is 0.829. The molecule has 0 N–H and O–H groups in total. The summed E-state index contributed by atoms with van der Waals surface area (Å²) in [6.45, 7) is 7.04. The molecule has 0 saturated carbocycles. The van der Waals surface area contributed by atoms with Gasteiger partial charge in [0.2, 0.25) is 0 Å². The molecule has 0 unspecified atom stereocenters. The van der Waals surface area contributed by atoms with E-state index < -0.39 is 0 Å². The number of carbonyl (C=O) groups is 1. The van der Waals surface area contributed by atoms with Crippen molar-refractivity contribution in [3.8, 4) is 5.75 Å². The molecule has 0 aliphatic carbocycles. The van der Waals surface area contributed by atoms with E-state index in [9.17, 15) is 9.18 Å². The van der Waals surface area contributed by atoms with Crippen LogP contribution in [0, 0.1) is 12.7 Å². The summed E-state index contributed by atoms with van der Waals surface area (Å²) in [4.78, 5) is 14.8. The summed E-state index contributed by atoms with van der Waals surface area (Å²) < 4.78 is 24.6. The zero-order valence-electron chi connectivity index (χ0n) is 17.9. The van der Waals surface area contributed by atoms with Crippen molar-refractivity contribution in [1.29, 1.82) is 0 Å². The summed E-state index contributed by atoms with van der Waals surface area (Å²) in [7, 11) is 0. The van der Waals surface area contributed by atoms with Crippen LogP contribution >= 0.6 is 12.6 Å². The highest BCUT2D eigenvalue weighted by atomic mass is 32.1. The first kappa shape index (κ1) is 21.8. The van der Waals surface area contributed by atoms with Crippen molar-refractivity contribution in [2.24, 2.45) is 0 Å². The van der Waals surface area contributed by atoms with Crippen molar-refractivity contribution < 1.29 is 18.4 Å². The number of carbonyl (C=O) groups excluding carboxylic acids is 1. The molecular weight excluding hydrogens is 415 g/mol. The van der Waals surface area contributed by atoms with E-state index in [-0.39, 0.29) is 11.6 Å². The molecule has 1 fully saturated rings. The second-order valence-electron chi connectivity index (χ2n) is 8.17. The summed E-state index contributed by atoms with van der Waals surface area (Å²) in [5, 5.41) is 5.14. The standard InChI is InChI=1S/C24H27FN2O3S/c1-15-21(7-6-19(16(2)28)24(15)31)29-13-3-10-27-11-8-17(9-12-27)23-20-5-4-18(25)14-22(20)30-26-23/h4-7,14,17,31H,3,8-13H2,1-2H3. The van der Waals surface area contributed by atoms with Gasteiger partial charge in [0, 0.05) is 39.9 Å². The van der Waals surface area contributed by atoms with Gasteiger partial charge >= 0.3 is 0 Å². The number of ketones is 1. The molecule has 4 rings (SSSR count). The van der Waals surface area contributed by atoms with Gasteiger partial charge in [0.25, 0.3) is 0 Å². The molecule has 7 heteroatoms. The van der Waals surface area contributed by atoms with Gasteiger partial charge < -0.3 is 14.2 Å². The van der Waals surface area contributed by atoms with Crippen molar-refractivity contribution in [3.05, 3.63) is 53.0 Å². The molecule has 3 aromatic rings. The number of hydrogen-bond acceptors (Lipinski definition) is 6. The lowest BCUT2D eigenvalue weighted by Crippen LogP contribution is -2.34. The lowest BCUT2D eigenvalue weighted by molar-refractivity contribution is 0.101. The first-order valence-electron chi connectivity index (χ1n) is 10.7. The van der Waals surface area contributed by atoms with Crippen molar-refractivity contribution in [2.75, 3.05) is 26.2 Å². The number of ether oxygens (including phenoxy) is 1. The smallest absolute Gasteiger partial charge is 0.170 e. The van der Waals surface area contributed by atoms with Crippen molar-refractivity contribution in [1.82, 2.24) is 10.1 Å². The number of thiol groups is 1. The van der Waals surface area contributed by atoms with E-state index in [1.54, 1.807) is 19.1 Å². The fraction of sp³-hybridized carbons (Fsp3) is 0.417. The Hall–Kier alpha value is -2.38. The summed E-state index contributed by atoms with van der Waals surface area (Å²) >= 11 is 4.47. The van der Waals surface area contributed by atoms with Gasteiger partial charge in [-0.25, -0.2) is 4.39 Å². The average Bonchev–Trinajstić information content (AvgIpc) is 3.17. The molecule has 2 heterocycles. The monoisotopic (exact) mass is 442 g/mol. The van der Waals surface area contributed by atoms with E-state index in [4.69, 9.17) is 9.26 Å². The van der Waals surface area contributed by atoms with E-state index in [1.807, 2.05) is 13.0 Å². The zero-order chi connectivity index (χ0) is 22.0. The van der Waals surface area contributed by atoms with Crippen LogP contribution in [0.1, 0.15) is 53.7 Å². The maximum Gasteiger partial charge on any atom is 0.170 e. The highest BCUT2D eigenvalue weighted by Gasteiger charge is 2.25. The van der Waals surface area contributed by atoms with Gasteiger partial charge in [-0.1, -0.05) is 5.16 Å². The Labute approximate surface area is 186 Å². The lowest BCUT2D eigenvalue weighted by Gasteiger charge is -2.31. The summed E-state index contributed by atoms with van der Waals surface area (Å²) in [6.07, 6.45) is 2.94. The third-order valence-electron chi connectivity index (χ3n) is 6.07. The van der Waals surface area contributed by atoms with Crippen LogP contribution in [-0.4, -0.2) is 42.1 Å². The quantitative estimate of drug-likeness (QED) is 0.301. The summed E-state index contributed by atoms with van der Waals surface area (Å²) in [5.41, 5.74) is 2.99. The molecule has 1 aromatic heterocycles. The highest BCUT2D eigenvalue weighted by Crippen LogP contribution is 2.33. The SMILES string of the molecule is CC(=O)c1ccc(OCCCN2CCC(c3noc4cc(F)ccc34)CC2)c(C)c1S. The van der Waals surface area contributed by atoms with E-state index in [0.29, 0.717) is 28.6 Å². The molecule has 164 valence electrons. The maximum atomic E-state index is 13.4. The molecule has 0 radical (unpaired) electrons. The third kappa shape index (κ3) is 4.77. The molecule has 0 bridgehead atoms. The van der Waals surface area contributed by atoms with Crippen LogP contribution in [0.5, 0.6) is 5.75 Å². The van der Waals surface area contributed by atoms with Crippen LogP contribution in [-0.2, 0) is 0 Å². The van der Waals surface area contributed by atoms with Crippen LogP contribution in [0.2, 0.25) is 0 Å². The fourth-order valence-corrected chi connectivity index (χ4v) is 4.59. The Balaban J connectivity index is 1.25. The molecule has 0 atom stereocenters. The molecule has 2 aromatic carbocycles. The van der Waals surface area contributed by atoms with Gasteiger partial charge in [-0.15, -0.1) is 12.6 Å². The predicted molar refractivity (Wildman–Crippen MR) is 121 cm³/mol. The minimum absolute atomic E-state index is 0.00818. The fourth-order valence-electron chi connectivity index (χ4n) is 4.25. The predicted octanol–water partition coefficient (Wildman–Crippen LogP) is 5.42. The molecule has 1 aliphatic rings. The number of aromatic nitrogens is 1. The molecule has 1 aliphatic heterocycles. The van der Waals surface area contributed by atoms with E-state index in [2.05, 4.69) is 22.7 Å². The minimum atomic E-state index is -0.303. The average molecular weight is 443 g/mol. The molecule has 0 amide bonds. The summed E-state index contributed by atoms with van der Waals surface area (Å²) in [6, 6.07) is 8.25. The highest BCUT2D eigenvalue weighted by molar-refractivity contribution is 7.80. The maximum absolute atomic E-state index is 13.4. The molecule has 31 heavy (non-hydrogen) atoms. The van der Waals surface area contributed by atoms with Crippen molar-refractivity contribution >= 4 is 29.4 Å². The van der Waals surface area contributed by atoms with E-state index >= 15 is 0 Å². The van der Waals surface area contributed by atoms with E-state index in [0.717, 1.165) is 61.3 Å².